The van der Waals surface area contributed by atoms with Crippen LogP contribution in [-0.2, 0) is 4.79 Å². The number of amides is 2. The van der Waals surface area contributed by atoms with Gasteiger partial charge < -0.3 is 15.7 Å². The number of carboxylic acid groups (broad SMARTS) is 1. The first-order valence-corrected chi connectivity index (χ1v) is 6.63. The van der Waals surface area contributed by atoms with Gasteiger partial charge in [-0.3, -0.25) is 4.79 Å². The van der Waals surface area contributed by atoms with Gasteiger partial charge in [0.1, 0.15) is 0 Å². The topological polar surface area (TPSA) is 78.4 Å². The van der Waals surface area contributed by atoms with E-state index in [1.54, 1.807) is 32.0 Å². The lowest BCUT2D eigenvalue weighted by Crippen LogP contribution is -2.46. The number of nitrogens with one attached hydrogen (secondary N) is 2. The predicted molar refractivity (Wildman–Crippen MR) is 77.6 cm³/mol. The molecule has 5 nitrogen and oxygen atoms in total. The first-order valence-electron chi connectivity index (χ1n) is 5.45. The van der Waals surface area contributed by atoms with Gasteiger partial charge in [0.25, 0.3) is 0 Å². The molecule has 0 aromatic heterocycles. The van der Waals surface area contributed by atoms with E-state index in [1.165, 1.54) is 0 Å². The zero-order chi connectivity index (χ0) is 14.6. The van der Waals surface area contributed by atoms with Crippen LogP contribution in [0.2, 0.25) is 5.02 Å². The van der Waals surface area contributed by atoms with Crippen LogP contribution in [0.15, 0.2) is 22.7 Å². The second kappa shape index (κ2) is 6.25. The molecule has 104 valence electrons. The van der Waals surface area contributed by atoms with Crippen molar-refractivity contribution in [1.82, 2.24) is 5.32 Å². The molecule has 0 aliphatic carbocycles. The maximum atomic E-state index is 11.7. The van der Waals surface area contributed by atoms with Crippen molar-refractivity contribution in [1.29, 1.82) is 0 Å². The zero-order valence-corrected chi connectivity index (χ0v) is 12.8. The average molecular weight is 350 g/mol. The third kappa shape index (κ3) is 5.48. The van der Waals surface area contributed by atoms with E-state index in [0.717, 1.165) is 4.47 Å². The van der Waals surface area contributed by atoms with E-state index in [1.807, 2.05) is 0 Å². The molecule has 1 aromatic rings. The molecule has 7 heteroatoms. The number of hydrogen-bond acceptors (Lipinski definition) is 2. The zero-order valence-electron chi connectivity index (χ0n) is 10.5. The Kier molecular flexibility index (Phi) is 5.20. The number of carbonyl (C=O) groups is 2. The minimum Gasteiger partial charge on any atom is -0.481 e. The number of aliphatic carboxylic acids is 1. The normalized spacial score (nSPS) is 10.9. The molecule has 0 saturated carbocycles. The van der Waals surface area contributed by atoms with E-state index in [2.05, 4.69) is 26.6 Å². The summed E-state index contributed by atoms with van der Waals surface area (Å²) < 4.78 is 0.728. The van der Waals surface area contributed by atoms with Gasteiger partial charge in [0.05, 0.1) is 11.4 Å². The molecule has 0 bridgehead atoms. The van der Waals surface area contributed by atoms with Gasteiger partial charge in [0, 0.05) is 15.7 Å². The fourth-order valence-corrected chi connectivity index (χ4v) is 1.89. The van der Waals surface area contributed by atoms with Crippen molar-refractivity contribution < 1.29 is 14.7 Å². The Morgan fingerprint density at radius 2 is 2.05 bits per heavy atom. The number of halogens is 2. The Morgan fingerprint density at radius 3 is 2.58 bits per heavy atom. The molecular formula is C12H14BrClN2O3. The lowest BCUT2D eigenvalue weighted by Gasteiger charge is -2.24. The number of rotatable bonds is 4. The van der Waals surface area contributed by atoms with E-state index in [0.29, 0.717) is 10.7 Å². The third-order valence-corrected chi connectivity index (χ3v) is 3.46. The summed E-state index contributed by atoms with van der Waals surface area (Å²) in [7, 11) is 0. The maximum absolute atomic E-state index is 11.7. The Labute approximate surface area is 124 Å². The van der Waals surface area contributed by atoms with Crippen LogP contribution in [0.1, 0.15) is 20.3 Å². The molecule has 0 aliphatic rings. The monoisotopic (exact) mass is 348 g/mol. The van der Waals surface area contributed by atoms with Gasteiger partial charge in [0.15, 0.2) is 0 Å². The molecule has 3 N–H and O–H groups in total. The van der Waals surface area contributed by atoms with Crippen molar-refractivity contribution in [2.24, 2.45) is 0 Å². The summed E-state index contributed by atoms with van der Waals surface area (Å²) in [6.45, 7) is 3.27. The smallest absolute Gasteiger partial charge is 0.319 e. The van der Waals surface area contributed by atoms with Crippen LogP contribution >= 0.6 is 27.5 Å². The Balaban J connectivity index is 2.64. The van der Waals surface area contributed by atoms with Gasteiger partial charge in [-0.2, -0.15) is 0 Å². The van der Waals surface area contributed by atoms with Crippen molar-refractivity contribution in [3.63, 3.8) is 0 Å². The van der Waals surface area contributed by atoms with Crippen molar-refractivity contribution in [2.75, 3.05) is 5.32 Å². The molecule has 0 heterocycles. The maximum Gasteiger partial charge on any atom is 0.319 e. The van der Waals surface area contributed by atoms with Crippen LogP contribution in [0.3, 0.4) is 0 Å². The number of anilines is 1. The highest BCUT2D eigenvalue weighted by Gasteiger charge is 2.23. The van der Waals surface area contributed by atoms with Crippen molar-refractivity contribution in [2.45, 2.75) is 25.8 Å². The Morgan fingerprint density at radius 1 is 1.42 bits per heavy atom. The second-order valence-corrected chi connectivity index (χ2v) is 5.92. The van der Waals surface area contributed by atoms with Crippen LogP contribution in [0.25, 0.3) is 0 Å². The second-order valence-electron chi connectivity index (χ2n) is 4.66. The van der Waals surface area contributed by atoms with Crippen LogP contribution < -0.4 is 10.6 Å². The van der Waals surface area contributed by atoms with Crippen molar-refractivity contribution in [3.05, 3.63) is 27.7 Å². The third-order valence-electron chi connectivity index (χ3n) is 2.22. The molecule has 1 rings (SSSR count). The summed E-state index contributed by atoms with van der Waals surface area (Å²) >= 11 is 9.15. The van der Waals surface area contributed by atoms with Gasteiger partial charge in [0.2, 0.25) is 0 Å². The fraction of sp³-hybridized carbons (Fsp3) is 0.333. The number of hydrogen-bond donors (Lipinski definition) is 3. The number of carbonyl (C=O) groups excluding carboxylic acids is 1. The van der Waals surface area contributed by atoms with Crippen molar-refractivity contribution in [3.8, 4) is 0 Å². The minimum absolute atomic E-state index is 0.165. The number of carboxylic acids is 1. The van der Waals surface area contributed by atoms with Gasteiger partial charge in [-0.1, -0.05) is 11.6 Å². The molecule has 0 aliphatic heterocycles. The lowest BCUT2D eigenvalue weighted by molar-refractivity contribution is -0.138. The minimum atomic E-state index is -0.975. The predicted octanol–water partition coefficient (Wildman–Crippen LogP) is 3.48. The highest BCUT2D eigenvalue weighted by Crippen LogP contribution is 2.25. The first kappa shape index (κ1) is 15.8. The average Bonchev–Trinajstić information content (AvgIpc) is 2.20. The molecule has 19 heavy (non-hydrogen) atoms. The van der Waals surface area contributed by atoms with Gasteiger partial charge in [-0.15, -0.1) is 0 Å². The van der Waals surface area contributed by atoms with Crippen LogP contribution in [0.4, 0.5) is 10.5 Å². The highest BCUT2D eigenvalue weighted by atomic mass is 79.9. The summed E-state index contributed by atoms with van der Waals surface area (Å²) in [5.41, 5.74) is -0.313. The molecule has 2 amide bonds. The summed E-state index contributed by atoms with van der Waals surface area (Å²) in [5, 5.41) is 14.4. The quantitative estimate of drug-likeness (QED) is 0.778. The molecule has 1 aromatic carbocycles. The van der Waals surface area contributed by atoms with Gasteiger partial charge in [-0.05, 0) is 48.0 Å². The van der Waals surface area contributed by atoms with Crippen LogP contribution in [0.5, 0.6) is 0 Å². The van der Waals surface area contributed by atoms with E-state index < -0.39 is 17.5 Å². The molecule has 0 radical (unpaired) electrons. The summed E-state index contributed by atoms with van der Waals surface area (Å²) in [6, 6.07) is 4.50. The molecular weight excluding hydrogens is 336 g/mol. The molecule has 0 atom stereocenters. The standard InChI is InChI=1S/C12H14BrClN2O3/c1-12(2,6-10(17)18)16-11(19)15-7-3-4-8(13)9(14)5-7/h3-5H,6H2,1-2H3,(H,17,18)(H2,15,16,19). The highest BCUT2D eigenvalue weighted by molar-refractivity contribution is 9.10. The first-order chi connectivity index (χ1) is 8.69. The summed E-state index contributed by atoms with van der Waals surface area (Å²) in [6.07, 6.45) is -0.165. The molecule has 0 saturated heterocycles. The molecule has 0 unspecified atom stereocenters. The number of benzene rings is 1. The van der Waals surface area contributed by atoms with E-state index in [-0.39, 0.29) is 6.42 Å². The van der Waals surface area contributed by atoms with Gasteiger partial charge in [-0.25, -0.2) is 4.79 Å². The Bertz CT molecular complexity index is 506. The van der Waals surface area contributed by atoms with E-state index in [9.17, 15) is 9.59 Å². The molecule has 0 spiro atoms. The van der Waals surface area contributed by atoms with Gasteiger partial charge >= 0.3 is 12.0 Å². The van der Waals surface area contributed by atoms with Crippen molar-refractivity contribution >= 4 is 45.2 Å². The Hall–Kier alpha value is -1.27. The number of urea groups is 1. The summed E-state index contributed by atoms with van der Waals surface area (Å²) in [4.78, 5) is 22.4. The fourth-order valence-electron chi connectivity index (χ4n) is 1.47. The summed E-state index contributed by atoms with van der Waals surface area (Å²) in [5.74, 6) is -0.975. The van der Waals surface area contributed by atoms with E-state index in [4.69, 9.17) is 16.7 Å². The molecule has 0 fully saturated rings. The van der Waals surface area contributed by atoms with E-state index >= 15 is 0 Å². The van der Waals surface area contributed by atoms with Crippen LogP contribution in [-0.4, -0.2) is 22.6 Å². The lowest BCUT2D eigenvalue weighted by atomic mass is 10.0. The van der Waals surface area contributed by atoms with Crippen LogP contribution in [0, 0.1) is 0 Å². The SMILES string of the molecule is CC(C)(CC(=O)O)NC(=O)Nc1ccc(Br)c(Cl)c1. The largest absolute Gasteiger partial charge is 0.481 e.